The third-order valence-corrected chi connectivity index (χ3v) is 3.39. The summed E-state index contributed by atoms with van der Waals surface area (Å²) in [5.41, 5.74) is 1.92. The molecular weight excluding hydrogens is 279 g/mol. The van der Waals surface area contributed by atoms with Gasteiger partial charge in [-0.1, -0.05) is 18.5 Å². The van der Waals surface area contributed by atoms with Gasteiger partial charge in [-0.15, -0.1) is 0 Å². The molecule has 0 saturated carbocycles. The lowest BCUT2D eigenvalue weighted by molar-refractivity contribution is 0.415. The molecule has 3 nitrogen and oxygen atoms in total. The van der Waals surface area contributed by atoms with E-state index in [0.717, 1.165) is 18.4 Å². The summed E-state index contributed by atoms with van der Waals surface area (Å²) in [7, 11) is 1.54. The molecule has 5 heteroatoms. The van der Waals surface area contributed by atoms with Crippen molar-refractivity contribution in [2.45, 2.75) is 26.7 Å². The van der Waals surface area contributed by atoms with Crippen molar-refractivity contribution in [1.29, 1.82) is 0 Å². The maximum absolute atomic E-state index is 13.5. The van der Waals surface area contributed by atoms with Crippen LogP contribution in [0.2, 0.25) is 5.15 Å². The van der Waals surface area contributed by atoms with E-state index in [1.165, 1.54) is 12.1 Å². The van der Waals surface area contributed by atoms with Crippen LogP contribution in [0.25, 0.3) is 11.3 Å². The Bertz CT molecular complexity index is 632. The largest absolute Gasteiger partial charge is 0.496 e. The lowest BCUT2D eigenvalue weighted by Gasteiger charge is -2.12. The number of rotatable bonds is 4. The quantitative estimate of drug-likeness (QED) is 0.793. The van der Waals surface area contributed by atoms with Crippen LogP contribution in [0.3, 0.4) is 0 Å². The number of aromatic nitrogens is 2. The van der Waals surface area contributed by atoms with Crippen molar-refractivity contribution >= 4 is 11.6 Å². The maximum atomic E-state index is 13.5. The lowest BCUT2D eigenvalue weighted by Crippen LogP contribution is -2.02. The summed E-state index contributed by atoms with van der Waals surface area (Å²) in [4.78, 5) is 8.75. The van der Waals surface area contributed by atoms with Crippen molar-refractivity contribution in [1.82, 2.24) is 9.97 Å². The summed E-state index contributed by atoms with van der Waals surface area (Å²) in [6.07, 6.45) is 1.64. The highest BCUT2D eigenvalue weighted by Crippen LogP contribution is 2.33. The van der Waals surface area contributed by atoms with Gasteiger partial charge in [-0.3, -0.25) is 0 Å². The highest BCUT2D eigenvalue weighted by Gasteiger charge is 2.15. The average Bonchev–Trinajstić information content (AvgIpc) is 2.43. The molecule has 0 radical (unpaired) electrons. The Labute approximate surface area is 122 Å². The van der Waals surface area contributed by atoms with E-state index in [-0.39, 0.29) is 5.82 Å². The predicted molar refractivity (Wildman–Crippen MR) is 77.7 cm³/mol. The molecule has 1 heterocycles. The van der Waals surface area contributed by atoms with Crippen LogP contribution in [-0.4, -0.2) is 17.1 Å². The molecule has 0 aliphatic heterocycles. The molecule has 20 heavy (non-hydrogen) atoms. The number of methoxy groups -OCH3 is 1. The van der Waals surface area contributed by atoms with E-state index >= 15 is 0 Å². The molecule has 1 aromatic carbocycles. The molecule has 0 bridgehead atoms. The van der Waals surface area contributed by atoms with Crippen LogP contribution in [0.15, 0.2) is 18.2 Å². The van der Waals surface area contributed by atoms with Crippen LogP contribution < -0.4 is 4.74 Å². The van der Waals surface area contributed by atoms with Crippen LogP contribution in [0.5, 0.6) is 5.75 Å². The van der Waals surface area contributed by atoms with E-state index < -0.39 is 0 Å². The monoisotopic (exact) mass is 294 g/mol. The van der Waals surface area contributed by atoms with Gasteiger partial charge in [-0.05, 0) is 31.5 Å². The van der Waals surface area contributed by atoms with Crippen molar-refractivity contribution in [2.24, 2.45) is 0 Å². The summed E-state index contributed by atoms with van der Waals surface area (Å²) in [6.45, 7) is 3.86. The number of nitrogens with zero attached hydrogens (tertiary/aromatic N) is 2. The fourth-order valence-corrected chi connectivity index (χ4v) is 2.18. The highest BCUT2D eigenvalue weighted by atomic mass is 35.5. The molecule has 0 atom stereocenters. The van der Waals surface area contributed by atoms with Crippen LogP contribution in [-0.2, 0) is 6.42 Å². The molecule has 0 amide bonds. The predicted octanol–water partition coefficient (Wildman–Crippen LogP) is 4.21. The smallest absolute Gasteiger partial charge is 0.136 e. The maximum Gasteiger partial charge on any atom is 0.136 e. The second-order valence-electron chi connectivity index (χ2n) is 4.50. The van der Waals surface area contributed by atoms with Crippen LogP contribution in [0, 0.1) is 12.7 Å². The molecule has 1 aromatic heterocycles. The molecule has 2 aromatic rings. The zero-order valence-corrected chi connectivity index (χ0v) is 12.5. The Hall–Kier alpha value is -1.68. The summed E-state index contributed by atoms with van der Waals surface area (Å²) in [5.74, 6) is 0.878. The van der Waals surface area contributed by atoms with Crippen molar-refractivity contribution in [3.8, 4) is 17.0 Å². The lowest BCUT2D eigenvalue weighted by atomic mass is 10.1. The first-order chi connectivity index (χ1) is 9.56. The van der Waals surface area contributed by atoms with Crippen LogP contribution in [0.4, 0.5) is 4.39 Å². The standard InChI is InChI=1S/C15H16ClFN2O/c1-4-5-13-18-14(9(2)15(16)19-13)11-8-10(17)6-7-12(11)20-3/h6-8H,4-5H2,1-3H3. The first kappa shape index (κ1) is 14.7. The van der Waals surface area contributed by atoms with E-state index in [0.29, 0.717) is 28.0 Å². The molecule has 106 valence electrons. The van der Waals surface area contributed by atoms with Crippen molar-refractivity contribution in [3.63, 3.8) is 0 Å². The van der Waals surface area contributed by atoms with Gasteiger partial charge >= 0.3 is 0 Å². The number of ether oxygens (including phenoxy) is 1. The van der Waals surface area contributed by atoms with Gasteiger partial charge in [0.2, 0.25) is 0 Å². The topological polar surface area (TPSA) is 35.0 Å². The molecular formula is C15H16ClFN2O. The van der Waals surface area contributed by atoms with E-state index in [2.05, 4.69) is 9.97 Å². The first-order valence-electron chi connectivity index (χ1n) is 6.43. The summed E-state index contributed by atoms with van der Waals surface area (Å²) in [6, 6.07) is 4.34. The SMILES string of the molecule is CCCc1nc(Cl)c(C)c(-c2cc(F)ccc2OC)n1. The van der Waals surface area contributed by atoms with Crippen LogP contribution >= 0.6 is 11.6 Å². The molecule has 0 unspecified atom stereocenters. The zero-order valence-electron chi connectivity index (χ0n) is 11.7. The number of hydrogen-bond acceptors (Lipinski definition) is 3. The Balaban J connectivity index is 2.65. The first-order valence-corrected chi connectivity index (χ1v) is 6.81. The van der Waals surface area contributed by atoms with Gasteiger partial charge in [0.05, 0.1) is 12.8 Å². The summed E-state index contributed by atoms with van der Waals surface area (Å²) in [5, 5.41) is 0.393. The number of aryl methyl sites for hydroxylation is 1. The fraction of sp³-hybridized carbons (Fsp3) is 0.333. The van der Waals surface area contributed by atoms with Crippen molar-refractivity contribution < 1.29 is 9.13 Å². The molecule has 0 saturated heterocycles. The number of hydrogen-bond donors (Lipinski definition) is 0. The minimum Gasteiger partial charge on any atom is -0.496 e. The Morgan fingerprint density at radius 1 is 1.30 bits per heavy atom. The van der Waals surface area contributed by atoms with E-state index in [1.54, 1.807) is 13.2 Å². The molecule has 0 N–H and O–H groups in total. The van der Waals surface area contributed by atoms with E-state index in [1.807, 2.05) is 13.8 Å². The van der Waals surface area contributed by atoms with Crippen molar-refractivity contribution in [3.05, 3.63) is 40.6 Å². The Morgan fingerprint density at radius 2 is 2.05 bits per heavy atom. The second-order valence-corrected chi connectivity index (χ2v) is 4.86. The molecule has 0 spiro atoms. The third kappa shape index (κ3) is 2.90. The van der Waals surface area contributed by atoms with Gasteiger partial charge < -0.3 is 4.74 Å². The van der Waals surface area contributed by atoms with E-state index in [9.17, 15) is 4.39 Å². The number of halogens is 2. The van der Waals surface area contributed by atoms with Gasteiger partial charge in [0.1, 0.15) is 22.5 Å². The molecule has 0 aliphatic carbocycles. The second kappa shape index (κ2) is 6.18. The molecule has 0 aliphatic rings. The highest BCUT2D eigenvalue weighted by molar-refractivity contribution is 6.30. The third-order valence-electron chi connectivity index (χ3n) is 3.02. The van der Waals surface area contributed by atoms with Gasteiger partial charge in [0.15, 0.2) is 0 Å². The van der Waals surface area contributed by atoms with Gasteiger partial charge in [0.25, 0.3) is 0 Å². The summed E-state index contributed by atoms with van der Waals surface area (Å²) >= 11 is 6.15. The van der Waals surface area contributed by atoms with Gasteiger partial charge in [-0.2, -0.15) is 0 Å². The minimum absolute atomic E-state index is 0.341. The normalized spacial score (nSPS) is 10.7. The fourth-order valence-electron chi connectivity index (χ4n) is 2.00. The Morgan fingerprint density at radius 3 is 2.70 bits per heavy atom. The minimum atomic E-state index is -0.341. The summed E-state index contributed by atoms with van der Waals surface area (Å²) < 4.78 is 18.8. The zero-order chi connectivity index (χ0) is 14.7. The van der Waals surface area contributed by atoms with Crippen LogP contribution in [0.1, 0.15) is 24.7 Å². The van der Waals surface area contributed by atoms with Gasteiger partial charge in [-0.25, -0.2) is 14.4 Å². The van der Waals surface area contributed by atoms with Crippen molar-refractivity contribution in [2.75, 3.05) is 7.11 Å². The van der Waals surface area contributed by atoms with Gasteiger partial charge in [0, 0.05) is 17.5 Å². The molecule has 0 fully saturated rings. The number of benzene rings is 1. The molecule has 2 rings (SSSR count). The Kier molecular flexibility index (Phi) is 4.55. The average molecular weight is 295 g/mol. The van der Waals surface area contributed by atoms with E-state index in [4.69, 9.17) is 16.3 Å².